The van der Waals surface area contributed by atoms with Crippen LogP contribution in [0.15, 0.2) is 11.1 Å². The summed E-state index contributed by atoms with van der Waals surface area (Å²) in [6.07, 6.45) is 1.17. The lowest BCUT2D eigenvalue weighted by Gasteiger charge is -2.87. The number of carbonyl (C=O) groups is 2. The zero-order valence-corrected chi connectivity index (χ0v) is 16.6. The summed E-state index contributed by atoms with van der Waals surface area (Å²) in [5.74, 6) is -1.98. The Balaban J connectivity index is 2.37. The van der Waals surface area contributed by atoms with Crippen molar-refractivity contribution in [1.29, 1.82) is 0 Å². The molecule has 0 spiro atoms. The van der Waals surface area contributed by atoms with Crippen LogP contribution in [0.1, 0.15) is 0 Å². The molecule has 2 fully saturated rings. The van der Waals surface area contributed by atoms with Crippen molar-refractivity contribution in [2.75, 3.05) is 14.2 Å². The highest BCUT2D eigenvalue weighted by molar-refractivity contribution is 6.71. The van der Waals surface area contributed by atoms with Crippen molar-refractivity contribution >= 4 is 93.1 Å². The molecule has 4 aliphatic carbocycles. The fourth-order valence-electron chi connectivity index (χ4n) is 3.94. The number of carbonyl (C=O) groups excluding carboxylic acids is 2. The van der Waals surface area contributed by atoms with E-state index in [1.807, 2.05) is 0 Å². The molecule has 128 valence electrons. The molecule has 4 rings (SSSR count). The maximum absolute atomic E-state index is 12.3. The molecule has 0 amide bonds. The van der Waals surface area contributed by atoms with Gasteiger partial charge in [0.1, 0.15) is 19.5 Å². The molecular weight excluding hydrogens is 456 g/mol. The van der Waals surface area contributed by atoms with E-state index >= 15 is 0 Å². The van der Waals surface area contributed by atoms with E-state index in [2.05, 4.69) is 9.47 Å². The number of hydrogen-bond donors (Lipinski definition) is 0. The van der Waals surface area contributed by atoms with Crippen LogP contribution in [-0.4, -0.2) is 55.4 Å². The smallest absolute Gasteiger partial charge is 0.331 e. The average Bonchev–Trinajstić information content (AvgIpc) is 2.53. The Kier molecular flexibility index (Phi) is 3.63. The summed E-state index contributed by atoms with van der Waals surface area (Å²) < 4.78 is 9.37. The van der Waals surface area contributed by atoms with Gasteiger partial charge < -0.3 is 9.47 Å². The molecule has 0 aromatic carbocycles. The predicted molar refractivity (Wildman–Crippen MR) is 89.5 cm³/mol. The number of esters is 2. The third-order valence-electron chi connectivity index (χ3n) is 4.96. The lowest BCUT2D eigenvalue weighted by atomic mass is 9.31. The molecule has 4 bridgehead atoms. The number of hydrogen-bond acceptors (Lipinski definition) is 4. The molecule has 23 heavy (non-hydrogen) atoms. The Morgan fingerprint density at radius 1 is 0.870 bits per heavy atom. The third kappa shape index (κ3) is 1.18. The molecular formula is C12H7Cl7O4. The summed E-state index contributed by atoms with van der Waals surface area (Å²) in [6.45, 7) is 0. The van der Waals surface area contributed by atoms with E-state index in [0.29, 0.717) is 0 Å². The number of alkyl halides is 6. The summed E-state index contributed by atoms with van der Waals surface area (Å²) in [5.41, 5.74) is 0. The Morgan fingerprint density at radius 2 is 1.30 bits per heavy atom. The number of allylic oxidation sites excluding steroid dienone is 2. The number of ether oxygens (including phenoxy) is 2. The van der Waals surface area contributed by atoms with Crippen LogP contribution in [0.3, 0.4) is 0 Å². The average molecular weight is 463 g/mol. The van der Waals surface area contributed by atoms with Crippen molar-refractivity contribution in [3.63, 3.8) is 0 Å². The maximum Gasteiger partial charge on any atom is 0.331 e. The number of halogens is 7. The Hall–Kier alpha value is 0.710. The molecule has 0 heterocycles. The molecule has 0 N–H and O–H groups in total. The molecule has 0 aliphatic heterocycles. The minimum absolute atomic E-state index is 0.160. The first-order chi connectivity index (χ1) is 10.3. The van der Waals surface area contributed by atoms with E-state index in [0.717, 1.165) is 14.2 Å². The van der Waals surface area contributed by atoms with E-state index < -0.39 is 41.2 Å². The molecule has 0 aromatic rings. The topological polar surface area (TPSA) is 52.6 Å². The van der Waals surface area contributed by atoms with Gasteiger partial charge in [0.25, 0.3) is 0 Å². The lowest BCUT2D eigenvalue weighted by Crippen LogP contribution is -3.11. The van der Waals surface area contributed by atoms with Crippen molar-refractivity contribution in [1.82, 2.24) is 0 Å². The van der Waals surface area contributed by atoms with E-state index in [1.54, 1.807) is 0 Å². The molecule has 4 aliphatic rings. The molecule has 0 unspecified atom stereocenters. The standard InChI is InChI=1S/C12H7Cl7O4/c1-22-5(20)9(16)7(14)3-4(13)8(15)10(17,6(21)23-2)11(7,18)12(8,9)19/h3H,1-2H3/t7-,8+,9+,10-,11+,12-/m1/s1. The Labute approximate surface area is 166 Å². The van der Waals surface area contributed by atoms with Crippen LogP contribution >= 0.6 is 81.2 Å². The second kappa shape index (κ2) is 4.51. The summed E-state index contributed by atoms with van der Waals surface area (Å²) in [5, 5.41) is -0.160. The Bertz CT molecular complexity index is 699. The number of methoxy groups -OCH3 is 2. The van der Waals surface area contributed by atoms with E-state index in [9.17, 15) is 9.59 Å². The van der Waals surface area contributed by atoms with Crippen LogP contribution in [0.2, 0.25) is 0 Å². The fraction of sp³-hybridized carbons (Fsp3) is 0.667. The quantitative estimate of drug-likeness (QED) is 0.466. The van der Waals surface area contributed by atoms with Gasteiger partial charge in [-0.2, -0.15) is 0 Å². The van der Waals surface area contributed by atoms with E-state index in [1.165, 1.54) is 6.08 Å². The molecule has 0 radical (unpaired) electrons. The summed E-state index contributed by atoms with van der Waals surface area (Å²) in [4.78, 5) is 12.5. The van der Waals surface area contributed by atoms with Crippen LogP contribution in [-0.2, 0) is 19.1 Å². The summed E-state index contributed by atoms with van der Waals surface area (Å²) >= 11 is 45.2. The van der Waals surface area contributed by atoms with Gasteiger partial charge in [-0.05, 0) is 6.08 Å². The Morgan fingerprint density at radius 3 is 1.74 bits per heavy atom. The molecule has 0 saturated heterocycles. The second-order valence-corrected chi connectivity index (χ2v) is 9.32. The minimum atomic E-state index is -2.14. The van der Waals surface area contributed by atoms with Gasteiger partial charge in [-0.15, -0.1) is 69.6 Å². The molecule has 11 heteroatoms. The summed E-state index contributed by atoms with van der Waals surface area (Å²) in [7, 11) is 2.17. The van der Waals surface area contributed by atoms with Gasteiger partial charge in [-0.1, -0.05) is 11.6 Å². The summed E-state index contributed by atoms with van der Waals surface area (Å²) in [6, 6.07) is 0. The molecule has 0 aromatic heterocycles. The van der Waals surface area contributed by atoms with Gasteiger partial charge in [-0.25, -0.2) is 0 Å². The van der Waals surface area contributed by atoms with Crippen molar-refractivity contribution < 1.29 is 19.1 Å². The van der Waals surface area contributed by atoms with E-state index in [-0.39, 0.29) is 5.03 Å². The van der Waals surface area contributed by atoms with E-state index in [4.69, 9.17) is 81.2 Å². The zero-order chi connectivity index (χ0) is 17.9. The molecule has 2 saturated carbocycles. The van der Waals surface area contributed by atoms with Gasteiger partial charge in [0.05, 0.1) is 14.2 Å². The normalized spacial score (nSPS) is 56.0. The van der Waals surface area contributed by atoms with Crippen molar-refractivity contribution in [3.05, 3.63) is 11.1 Å². The van der Waals surface area contributed by atoms with Crippen molar-refractivity contribution in [3.8, 4) is 0 Å². The first-order valence-corrected chi connectivity index (χ1v) is 8.68. The lowest BCUT2D eigenvalue weighted by molar-refractivity contribution is -0.175. The van der Waals surface area contributed by atoms with Gasteiger partial charge >= 0.3 is 11.9 Å². The fourth-order valence-corrected chi connectivity index (χ4v) is 8.82. The predicted octanol–water partition coefficient (Wildman–Crippen LogP) is 3.36. The van der Waals surface area contributed by atoms with Gasteiger partial charge in [0.2, 0.25) is 0 Å². The highest BCUT2D eigenvalue weighted by atomic mass is 35.5. The SMILES string of the molecule is COC(=O)[C@@]1(Cl)[C@@]2(Cl)C(Cl)=C[C@@]3(Cl)[C@@](Cl)(C(=O)OC)[C@@]2(Cl)[C@]31Cl. The van der Waals surface area contributed by atoms with Crippen molar-refractivity contribution in [2.45, 2.75) is 29.2 Å². The molecule has 6 atom stereocenters. The molecule has 4 nitrogen and oxygen atoms in total. The highest BCUT2D eigenvalue weighted by Crippen LogP contribution is 2.92. The largest absolute Gasteiger partial charge is 0.468 e. The van der Waals surface area contributed by atoms with Crippen LogP contribution in [0.4, 0.5) is 0 Å². The number of rotatable bonds is 2. The van der Waals surface area contributed by atoms with Crippen LogP contribution in [0, 0.1) is 0 Å². The first-order valence-electron chi connectivity index (χ1n) is 6.03. The van der Waals surface area contributed by atoms with Crippen molar-refractivity contribution in [2.24, 2.45) is 0 Å². The van der Waals surface area contributed by atoms with Crippen LogP contribution < -0.4 is 0 Å². The minimum Gasteiger partial charge on any atom is -0.468 e. The second-order valence-electron chi connectivity index (χ2n) is 5.48. The van der Waals surface area contributed by atoms with Gasteiger partial charge in [-0.3, -0.25) is 9.59 Å². The van der Waals surface area contributed by atoms with Gasteiger partial charge in [0.15, 0.2) is 9.75 Å². The van der Waals surface area contributed by atoms with Crippen LogP contribution in [0.5, 0.6) is 0 Å². The third-order valence-corrected chi connectivity index (χ3v) is 10.7. The highest BCUT2D eigenvalue weighted by Gasteiger charge is 3.12. The van der Waals surface area contributed by atoms with Gasteiger partial charge in [0, 0.05) is 5.03 Å². The zero-order valence-electron chi connectivity index (χ0n) is 11.4. The van der Waals surface area contributed by atoms with Crippen LogP contribution in [0.25, 0.3) is 0 Å². The first kappa shape index (κ1) is 18.5. The maximum atomic E-state index is 12.3. The monoisotopic (exact) mass is 460 g/mol.